The lowest BCUT2D eigenvalue weighted by Crippen LogP contribution is -2.59. The number of carbonyl (C=O) groups is 1. The third-order valence-corrected chi connectivity index (χ3v) is 4.69. The normalized spacial score (nSPS) is 31.5. The smallest absolute Gasteiger partial charge is 0.326 e. The van der Waals surface area contributed by atoms with Crippen molar-refractivity contribution in [1.29, 1.82) is 0 Å². The second-order valence-corrected chi connectivity index (χ2v) is 5.96. The summed E-state index contributed by atoms with van der Waals surface area (Å²) in [6.45, 7) is 6.52. The van der Waals surface area contributed by atoms with Gasteiger partial charge in [0.1, 0.15) is 5.54 Å². The number of nitrogens with zero attached hydrogens (tertiary/aromatic N) is 1. The minimum Gasteiger partial charge on any atom is -0.468 e. The molecule has 2 aliphatic rings. The van der Waals surface area contributed by atoms with Crippen LogP contribution in [0.15, 0.2) is 0 Å². The molecule has 2 saturated carbocycles. The molecule has 2 atom stereocenters. The largest absolute Gasteiger partial charge is 0.468 e. The molecule has 0 radical (unpaired) electrons. The molecular weight excluding hydrogens is 240 g/mol. The summed E-state index contributed by atoms with van der Waals surface area (Å²) in [4.78, 5) is 14.8. The van der Waals surface area contributed by atoms with Gasteiger partial charge in [-0.3, -0.25) is 10.1 Å². The third kappa shape index (κ3) is 3.29. The molecule has 110 valence electrons. The van der Waals surface area contributed by atoms with Crippen LogP contribution in [0.25, 0.3) is 0 Å². The number of hydrogen-bond acceptors (Lipinski definition) is 4. The molecule has 0 saturated heterocycles. The maximum absolute atomic E-state index is 12.3. The number of nitrogens with one attached hydrogen (secondary N) is 1. The molecule has 0 aromatic rings. The van der Waals surface area contributed by atoms with Crippen molar-refractivity contribution >= 4 is 5.97 Å². The van der Waals surface area contributed by atoms with E-state index in [0.29, 0.717) is 12.1 Å². The Morgan fingerprint density at radius 3 is 2.53 bits per heavy atom. The van der Waals surface area contributed by atoms with Crippen molar-refractivity contribution in [2.24, 2.45) is 0 Å². The number of hydrogen-bond donors (Lipinski definition) is 1. The van der Waals surface area contributed by atoms with Crippen LogP contribution in [-0.2, 0) is 9.53 Å². The van der Waals surface area contributed by atoms with Gasteiger partial charge in [-0.15, -0.1) is 0 Å². The summed E-state index contributed by atoms with van der Waals surface area (Å²) < 4.78 is 5.10. The van der Waals surface area contributed by atoms with Crippen LogP contribution in [0, 0.1) is 0 Å². The van der Waals surface area contributed by atoms with Gasteiger partial charge in [0, 0.05) is 12.1 Å². The number of carbonyl (C=O) groups excluding carboxylic acids is 1. The molecule has 0 bridgehead atoms. The van der Waals surface area contributed by atoms with Crippen LogP contribution in [0.1, 0.15) is 52.4 Å². The van der Waals surface area contributed by atoms with Gasteiger partial charge < -0.3 is 9.64 Å². The van der Waals surface area contributed by atoms with Crippen LogP contribution in [0.5, 0.6) is 0 Å². The van der Waals surface area contributed by atoms with E-state index in [0.717, 1.165) is 32.4 Å². The number of esters is 1. The molecule has 0 aromatic carbocycles. The lowest BCUT2D eigenvalue weighted by molar-refractivity contribution is -0.151. The topological polar surface area (TPSA) is 41.6 Å². The molecule has 4 nitrogen and oxygen atoms in total. The van der Waals surface area contributed by atoms with Crippen molar-refractivity contribution < 1.29 is 9.53 Å². The third-order valence-electron chi connectivity index (χ3n) is 4.69. The molecule has 0 heterocycles. The molecule has 1 N–H and O–H groups in total. The monoisotopic (exact) mass is 268 g/mol. The van der Waals surface area contributed by atoms with Crippen molar-refractivity contribution in [3.8, 4) is 0 Å². The fourth-order valence-corrected chi connectivity index (χ4v) is 3.49. The average Bonchev–Trinajstić information content (AvgIpc) is 3.23. The summed E-state index contributed by atoms with van der Waals surface area (Å²) in [6.07, 6.45) is 6.54. The standard InChI is InChI=1S/C15H28N2O2/c1-4-17(5-2)13-7-6-10-15(11-13,14(18)19-3)16-12-8-9-12/h12-13,16H,4-11H2,1-3H3. The predicted octanol–water partition coefficient (Wildman–Crippen LogP) is 1.93. The van der Waals surface area contributed by atoms with Crippen LogP contribution in [0.2, 0.25) is 0 Å². The van der Waals surface area contributed by atoms with E-state index in [1.54, 1.807) is 0 Å². The van der Waals surface area contributed by atoms with Gasteiger partial charge >= 0.3 is 5.97 Å². The molecule has 2 fully saturated rings. The van der Waals surface area contributed by atoms with Crippen LogP contribution < -0.4 is 5.32 Å². The number of ether oxygens (including phenoxy) is 1. The van der Waals surface area contributed by atoms with Gasteiger partial charge in [-0.1, -0.05) is 13.8 Å². The van der Waals surface area contributed by atoms with E-state index in [9.17, 15) is 4.79 Å². The summed E-state index contributed by atoms with van der Waals surface area (Å²) in [5, 5.41) is 3.59. The zero-order chi connectivity index (χ0) is 13.9. The Kier molecular flexibility index (Phi) is 4.85. The van der Waals surface area contributed by atoms with Gasteiger partial charge in [0.25, 0.3) is 0 Å². The van der Waals surface area contributed by atoms with Crippen molar-refractivity contribution in [3.63, 3.8) is 0 Å². The zero-order valence-electron chi connectivity index (χ0n) is 12.6. The average molecular weight is 268 g/mol. The van der Waals surface area contributed by atoms with E-state index in [-0.39, 0.29) is 5.97 Å². The second-order valence-electron chi connectivity index (χ2n) is 5.96. The molecule has 2 unspecified atom stereocenters. The van der Waals surface area contributed by atoms with E-state index in [1.165, 1.54) is 26.4 Å². The van der Waals surface area contributed by atoms with E-state index < -0.39 is 5.54 Å². The lowest BCUT2D eigenvalue weighted by atomic mass is 9.78. The first-order chi connectivity index (χ1) is 9.15. The number of rotatable bonds is 6. The highest BCUT2D eigenvalue weighted by atomic mass is 16.5. The lowest BCUT2D eigenvalue weighted by Gasteiger charge is -2.43. The first-order valence-electron chi connectivity index (χ1n) is 7.75. The molecule has 0 amide bonds. The highest BCUT2D eigenvalue weighted by molar-refractivity contribution is 5.81. The van der Waals surface area contributed by atoms with Gasteiger partial charge in [0.2, 0.25) is 0 Å². The maximum Gasteiger partial charge on any atom is 0.326 e. The van der Waals surface area contributed by atoms with Crippen molar-refractivity contribution in [3.05, 3.63) is 0 Å². The first-order valence-corrected chi connectivity index (χ1v) is 7.75. The van der Waals surface area contributed by atoms with E-state index in [2.05, 4.69) is 24.1 Å². The quantitative estimate of drug-likeness (QED) is 0.748. The fraction of sp³-hybridized carbons (Fsp3) is 0.933. The van der Waals surface area contributed by atoms with Gasteiger partial charge in [0.15, 0.2) is 0 Å². The molecule has 19 heavy (non-hydrogen) atoms. The van der Waals surface area contributed by atoms with Crippen molar-refractivity contribution in [2.75, 3.05) is 20.2 Å². The van der Waals surface area contributed by atoms with Crippen LogP contribution in [0.4, 0.5) is 0 Å². The molecule has 2 rings (SSSR count). The summed E-state index contributed by atoms with van der Waals surface area (Å²) in [5.41, 5.74) is -0.429. The highest BCUT2D eigenvalue weighted by Crippen LogP contribution is 2.35. The van der Waals surface area contributed by atoms with E-state index in [1.807, 2.05) is 0 Å². The predicted molar refractivity (Wildman–Crippen MR) is 76.1 cm³/mol. The molecular formula is C15H28N2O2. The summed E-state index contributed by atoms with van der Waals surface area (Å²) >= 11 is 0. The second kappa shape index (κ2) is 6.23. The van der Waals surface area contributed by atoms with Gasteiger partial charge in [-0.2, -0.15) is 0 Å². The Hall–Kier alpha value is -0.610. The molecule has 0 aliphatic heterocycles. The van der Waals surface area contributed by atoms with E-state index in [4.69, 9.17) is 4.74 Å². The Balaban J connectivity index is 2.10. The zero-order valence-corrected chi connectivity index (χ0v) is 12.6. The summed E-state index contributed by atoms with van der Waals surface area (Å²) in [6, 6.07) is 1.05. The Labute approximate surface area is 116 Å². The van der Waals surface area contributed by atoms with Gasteiger partial charge in [-0.25, -0.2) is 0 Å². The van der Waals surface area contributed by atoms with Gasteiger partial charge in [0.05, 0.1) is 7.11 Å². The molecule has 0 spiro atoms. The van der Waals surface area contributed by atoms with Crippen LogP contribution in [0.3, 0.4) is 0 Å². The SMILES string of the molecule is CCN(CC)C1CCCC(NC2CC2)(C(=O)OC)C1. The Morgan fingerprint density at radius 1 is 1.32 bits per heavy atom. The number of methoxy groups -OCH3 is 1. The minimum absolute atomic E-state index is 0.0590. The summed E-state index contributed by atoms with van der Waals surface area (Å²) in [5.74, 6) is -0.0590. The molecule has 0 aromatic heterocycles. The van der Waals surface area contributed by atoms with Crippen molar-refractivity contribution in [2.45, 2.75) is 70.0 Å². The highest BCUT2D eigenvalue weighted by Gasteiger charge is 2.47. The Morgan fingerprint density at radius 2 is 2.00 bits per heavy atom. The minimum atomic E-state index is -0.429. The van der Waals surface area contributed by atoms with Crippen molar-refractivity contribution in [1.82, 2.24) is 10.2 Å². The van der Waals surface area contributed by atoms with Crippen LogP contribution in [-0.4, -0.2) is 48.7 Å². The fourth-order valence-electron chi connectivity index (χ4n) is 3.49. The maximum atomic E-state index is 12.3. The molecule has 2 aliphatic carbocycles. The van der Waals surface area contributed by atoms with Gasteiger partial charge in [-0.05, 0) is 51.6 Å². The van der Waals surface area contributed by atoms with Crippen LogP contribution >= 0.6 is 0 Å². The Bertz CT molecular complexity index is 313. The van der Waals surface area contributed by atoms with E-state index >= 15 is 0 Å². The first kappa shape index (κ1) is 14.8. The summed E-state index contributed by atoms with van der Waals surface area (Å²) in [7, 11) is 1.51. The molecule has 4 heteroatoms.